The fourth-order valence-corrected chi connectivity index (χ4v) is 2.77. The summed E-state index contributed by atoms with van der Waals surface area (Å²) in [5.74, 6) is -1.08. The number of likely N-dealkylation sites (N-methyl/N-ethyl adjacent to an activating group) is 1. The van der Waals surface area contributed by atoms with Crippen LogP contribution in [0.15, 0.2) is 24.3 Å². The summed E-state index contributed by atoms with van der Waals surface area (Å²) in [6.45, 7) is 2.25. The Bertz CT molecular complexity index is 703. The quantitative estimate of drug-likeness (QED) is 0.640. The summed E-state index contributed by atoms with van der Waals surface area (Å²) in [4.78, 5) is 26.0. The lowest BCUT2D eigenvalue weighted by Gasteiger charge is -2.21. The van der Waals surface area contributed by atoms with E-state index in [9.17, 15) is 18.0 Å². The number of amides is 1. The van der Waals surface area contributed by atoms with Gasteiger partial charge in [0.15, 0.2) is 0 Å². The van der Waals surface area contributed by atoms with Crippen LogP contribution in [0.5, 0.6) is 0 Å². The number of rotatable bonds is 9. The van der Waals surface area contributed by atoms with Gasteiger partial charge in [-0.15, -0.1) is 0 Å². The molecule has 140 valence electrons. The number of hydrogen-bond donors (Lipinski definition) is 1. The van der Waals surface area contributed by atoms with Crippen molar-refractivity contribution in [2.45, 2.75) is 6.92 Å². The lowest BCUT2D eigenvalue weighted by Crippen LogP contribution is -2.41. The molecule has 0 aliphatic rings. The van der Waals surface area contributed by atoms with Crippen molar-refractivity contribution in [3.8, 4) is 0 Å². The largest absolute Gasteiger partial charge is 0.462 e. The summed E-state index contributed by atoms with van der Waals surface area (Å²) in [7, 11) is 0.102. The highest BCUT2D eigenvalue weighted by Crippen LogP contribution is 2.16. The molecule has 1 amide bonds. The zero-order chi connectivity index (χ0) is 19.0. The van der Waals surface area contributed by atoms with E-state index in [-0.39, 0.29) is 30.9 Å². The predicted octanol–water partition coefficient (Wildman–Crippen LogP) is 0.625. The number of carbonyl (C=O) groups is 2. The number of para-hydroxylation sites is 1. The molecule has 8 nitrogen and oxygen atoms in total. The number of carbonyl (C=O) groups excluding carboxylic acids is 2. The van der Waals surface area contributed by atoms with E-state index in [4.69, 9.17) is 4.74 Å². The van der Waals surface area contributed by atoms with E-state index < -0.39 is 21.9 Å². The van der Waals surface area contributed by atoms with E-state index in [2.05, 4.69) is 5.32 Å². The van der Waals surface area contributed by atoms with Crippen LogP contribution in [0, 0.1) is 0 Å². The van der Waals surface area contributed by atoms with Crippen molar-refractivity contribution in [3.05, 3.63) is 29.8 Å². The smallest absolute Gasteiger partial charge is 0.340 e. The van der Waals surface area contributed by atoms with Crippen molar-refractivity contribution < 1.29 is 22.7 Å². The molecular weight excluding hydrogens is 346 g/mol. The monoisotopic (exact) mass is 371 g/mol. The number of ether oxygens (including phenoxy) is 1. The Kier molecular flexibility index (Phi) is 8.01. The van der Waals surface area contributed by atoms with E-state index in [1.807, 2.05) is 19.0 Å². The minimum atomic E-state index is -3.53. The van der Waals surface area contributed by atoms with Crippen LogP contribution in [0.1, 0.15) is 17.3 Å². The first-order chi connectivity index (χ1) is 11.6. The van der Waals surface area contributed by atoms with Gasteiger partial charge in [-0.1, -0.05) is 12.1 Å². The molecule has 0 fully saturated rings. The van der Waals surface area contributed by atoms with Crippen LogP contribution < -0.4 is 5.32 Å². The second-order valence-corrected chi connectivity index (χ2v) is 7.70. The minimum absolute atomic E-state index is 0.193. The van der Waals surface area contributed by atoms with Gasteiger partial charge in [0.25, 0.3) is 0 Å². The number of esters is 1. The third-order valence-corrected chi connectivity index (χ3v) is 4.53. The Morgan fingerprint density at radius 3 is 2.36 bits per heavy atom. The van der Waals surface area contributed by atoms with E-state index in [0.717, 1.165) is 10.6 Å². The topological polar surface area (TPSA) is 96.0 Å². The zero-order valence-corrected chi connectivity index (χ0v) is 15.8. The number of sulfonamides is 1. The average Bonchev–Trinajstić information content (AvgIpc) is 2.50. The molecule has 9 heteroatoms. The highest BCUT2D eigenvalue weighted by Gasteiger charge is 2.21. The molecular formula is C16H25N3O5S. The first-order valence-electron chi connectivity index (χ1n) is 7.81. The Labute approximate surface area is 148 Å². The fraction of sp³-hybridized carbons (Fsp3) is 0.500. The fourth-order valence-electron chi connectivity index (χ4n) is 2.00. The molecule has 0 bridgehead atoms. The van der Waals surface area contributed by atoms with E-state index >= 15 is 0 Å². The van der Waals surface area contributed by atoms with Crippen molar-refractivity contribution in [2.75, 3.05) is 51.9 Å². The molecule has 0 aromatic heterocycles. The standard InChI is InChI=1S/C16H25N3O5S/c1-5-24-16(21)13-8-6-7-9-14(13)17-15(20)12-19(25(4,22)23)11-10-18(2)3/h6-9H,5,10-12H2,1-4H3,(H,17,20). The summed E-state index contributed by atoms with van der Waals surface area (Å²) in [6.07, 6.45) is 1.06. The molecule has 0 saturated heterocycles. The van der Waals surface area contributed by atoms with Gasteiger partial charge in [-0.3, -0.25) is 4.79 Å². The Balaban J connectivity index is 2.86. The second-order valence-electron chi connectivity index (χ2n) is 5.71. The number of nitrogens with one attached hydrogen (secondary N) is 1. The van der Waals surface area contributed by atoms with Gasteiger partial charge in [0.1, 0.15) is 0 Å². The third kappa shape index (κ3) is 7.20. The Morgan fingerprint density at radius 1 is 1.16 bits per heavy atom. The van der Waals surface area contributed by atoms with E-state index in [0.29, 0.717) is 6.54 Å². The van der Waals surface area contributed by atoms with Gasteiger partial charge >= 0.3 is 5.97 Å². The maximum Gasteiger partial charge on any atom is 0.340 e. The SMILES string of the molecule is CCOC(=O)c1ccccc1NC(=O)CN(CCN(C)C)S(C)(=O)=O. The summed E-state index contributed by atoms with van der Waals surface area (Å²) in [6, 6.07) is 6.42. The minimum Gasteiger partial charge on any atom is -0.462 e. The highest BCUT2D eigenvalue weighted by atomic mass is 32.2. The van der Waals surface area contributed by atoms with Gasteiger partial charge in [0, 0.05) is 13.1 Å². The molecule has 1 rings (SSSR count). The van der Waals surface area contributed by atoms with Crippen LogP contribution >= 0.6 is 0 Å². The van der Waals surface area contributed by atoms with Crippen LogP contribution in [-0.2, 0) is 19.6 Å². The second kappa shape index (κ2) is 9.50. The van der Waals surface area contributed by atoms with Crippen LogP contribution in [-0.4, -0.2) is 76.1 Å². The molecule has 0 spiro atoms. The van der Waals surface area contributed by atoms with Crippen molar-refractivity contribution >= 4 is 27.6 Å². The van der Waals surface area contributed by atoms with Gasteiger partial charge < -0.3 is 15.0 Å². The molecule has 0 radical (unpaired) electrons. The van der Waals surface area contributed by atoms with E-state index in [1.54, 1.807) is 25.1 Å². The third-order valence-electron chi connectivity index (χ3n) is 3.28. The summed E-state index contributed by atoms with van der Waals surface area (Å²) in [5.41, 5.74) is 0.504. The van der Waals surface area contributed by atoms with Gasteiger partial charge in [-0.2, -0.15) is 4.31 Å². The van der Waals surface area contributed by atoms with Crippen LogP contribution in [0.25, 0.3) is 0 Å². The van der Waals surface area contributed by atoms with Crippen LogP contribution in [0.4, 0.5) is 5.69 Å². The van der Waals surface area contributed by atoms with Crippen molar-refractivity contribution in [2.24, 2.45) is 0 Å². The molecule has 0 heterocycles. The molecule has 0 aliphatic heterocycles. The summed E-state index contributed by atoms with van der Waals surface area (Å²) >= 11 is 0. The van der Waals surface area contributed by atoms with Gasteiger partial charge in [0.05, 0.1) is 30.7 Å². The summed E-state index contributed by atoms with van der Waals surface area (Å²) < 4.78 is 29.7. The Morgan fingerprint density at radius 2 is 1.80 bits per heavy atom. The molecule has 0 atom stereocenters. The summed E-state index contributed by atoms with van der Waals surface area (Å²) in [5, 5.41) is 2.58. The average molecular weight is 371 g/mol. The molecule has 1 aromatic rings. The molecule has 1 aromatic carbocycles. The number of hydrogen-bond acceptors (Lipinski definition) is 6. The number of nitrogens with zero attached hydrogens (tertiary/aromatic N) is 2. The number of benzene rings is 1. The van der Waals surface area contributed by atoms with Gasteiger partial charge in [0.2, 0.25) is 15.9 Å². The molecule has 25 heavy (non-hydrogen) atoms. The lowest BCUT2D eigenvalue weighted by molar-refractivity contribution is -0.116. The Hall–Kier alpha value is -1.97. The highest BCUT2D eigenvalue weighted by molar-refractivity contribution is 7.88. The van der Waals surface area contributed by atoms with Crippen molar-refractivity contribution in [1.82, 2.24) is 9.21 Å². The van der Waals surface area contributed by atoms with Crippen molar-refractivity contribution in [1.29, 1.82) is 0 Å². The molecule has 0 aliphatic carbocycles. The normalized spacial score (nSPS) is 11.6. The first kappa shape index (κ1) is 21.1. The predicted molar refractivity (Wildman–Crippen MR) is 96.0 cm³/mol. The maximum absolute atomic E-state index is 12.3. The number of anilines is 1. The molecule has 0 unspecified atom stereocenters. The molecule has 1 N–H and O–H groups in total. The van der Waals surface area contributed by atoms with E-state index in [1.165, 1.54) is 6.07 Å². The molecule has 0 saturated carbocycles. The van der Waals surface area contributed by atoms with Crippen LogP contribution in [0.3, 0.4) is 0 Å². The van der Waals surface area contributed by atoms with Crippen LogP contribution in [0.2, 0.25) is 0 Å². The zero-order valence-electron chi connectivity index (χ0n) is 15.0. The lowest BCUT2D eigenvalue weighted by atomic mass is 10.2. The van der Waals surface area contributed by atoms with Crippen molar-refractivity contribution in [3.63, 3.8) is 0 Å². The maximum atomic E-state index is 12.3. The van der Waals surface area contributed by atoms with Gasteiger partial charge in [-0.25, -0.2) is 13.2 Å². The first-order valence-corrected chi connectivity index (χ1v) is 9.65. The van der Waals surface area contributed by atoms with Gasteiger partial charge in [-0.05, 0) is 33.2 Å².